The van der Waals surface area contributed by atoms with Crippen LogP contribution in [0.1, 0.15) is 0 Å². The molecular formula is C7H6FNO3. The molecule has 0 aliphatic rings. The summed E-state index contributed by atoms with van der Waals surface area (Å²) in [7, 11) is 1.30. The topological polar surface area (TPSA) is 52.4 Å². The van der Waals surface area contributed by atoms with Gasteiger partial charge in [-0.25, -0.2) is 4.39 Å². The lowest BCUT2D eigenvalue weighted by molar-refractivity contribution is -0.385. The maximum absolute atomic E-state index is 12.8. The van der Waals surface area contributed by atoms with Gasteiger partial charge in [0.1, 0.15) is 0 Å². The van der Waals surface area contributed by atoms with E-state index in [4.69, 9.17) is 0 Å². The third-order valence-corrected chi connectivity index (χ3v) is 1.35. The lowest BCUT2D eigenvalue weighted by Gasteiger charge is -1.99. The molecule has 1 aromatic rings. The molecule has 0 amide bonds. The highest BCUT2D eigenvalue weighted by Gasteiger charge is 2.09. The summed E-state index contributed by atoms with van der Waals surface area (Å²) in [5.74, 6) is -0.729. The van der Waals surface area contributed by atoms with Crippen LogP contribution in [0.25, 0.3) is 0 Å². The number of non-ortho nitro benzene ring substituents is 1. The van der Waals surface area contributed by atoms with E-state index >= 15 is 0 Å². The van der Waals surface area contributed by atoms with Crippen LogP contribution in [0, 0.1) is 15.9 Å². The monoisotopic (exact) mass is 171 g/mol. The zero-order valence-corrected chi connectivity index (χ0v) is 6.28. The SMILES string of the molecule is COc1ccc([N+](=O)[O-])cc1F. The Morgan fingerprint density at radius 3 is 2.67 bits per heavy atom. The Morgan fingerprint density at radius 2 is 2.25 bits per heavy atom. The predicted octanol–water partition coefficient (Wildman–Crippen LogP) is 1.74. The fourth-order valence-electron chi connectivity index (χ4n) is 0.769. The molecule has 1 rings (SSSR count). The molecule has 1 aromatic carbocycles. The van der Waals surface area contributed by atoms with E-state index in [1.807, 2.05) is 0 Å². The summed E-state index contributed by atoms with van der Waals surface area (Å²) in [6.45, 7) is 0. The van der Waals surface area contributed by atoms with Crippen LogP contribution >= 0.6 is 0 Å². The Morgan fingerprint density at radius 1 is 1.58 bits per heavy atom. The molecule has 0 aliphatic carbocycles. The molecular weight excluding hydrogens is 165 g/mol. The summed E-state index contributed by atoms with van der Waals surface area (Å²) >= 11 is 0. The second kappa shape index (κ2) is 3.17. The van der Waals surface area contributed by atoms with Crippen molar-refractivity contribution in [2.45, 2.75) is 0 Å². The van der Waals surface area contributed by atoms with Crippen molar-refractivity contribution in [2.24, 2.45) is 0 Å². The van der Waals surface area contributed by atoms with E-state index < -0.39 is 10.7 Å². The molecule has 0 aliphatic heterocycles. The van der Waals surface area contributed by atoms with Crippen LogP contribution in [0.3, 0.4) is 0 Å². The fourth-order valence-corrected chi connectivity index (χ4v) is 0.769. The first kappa shape index (κ1) is 8.45. The lowest BCUT2D eigenvalue weighted by Crippen LogP contribution is -1.91. The van der Waals surface area contributed by atoms with Gasteiger partial charge in [-0.1, -0.05) is 0 Å². The van der Waals surface area contributed by atoms with E-state index in [2.05, 4.69) is 4.74 Å². The molecule has 12 heavy (non-hydrogen) atoms. The number of halogens is 1. The third kappa shape index (κ3) is 1.50. The Balaban J connectivity index is 3.10. The third-order valence-electron chi connectivity index (χ3n) is 1.35. The molecule has 0 saturated carbocycles. The molecule has 0 aromatic heterocycles. The van der Waals surface area contributed by atoms with Gasteiger partial charge in [0.2, 0.25) is 0 Å². The van der Waals surface area contributed by atoms with Gasteiger partial charge < -0.3 is 4.74 Å². The normalized spacial score (nSPS) is 9.50. The van der Waals surface area contributed by atoms with Crippen molar-refractivity contribution in [1.82, 2.24) is 0 Å². The summed E-state index contributed by atoms with van der Waals surface area (Å²) in [6.07, 6.45) is 0. The minimum Gasteiger partial charge on any atom is -0.494 e. The maximum atomic E-state index is 12.8. The predicted molar refractivity (Wildman–Crippen MR) is 39.6 cm³/mol. The Labute approximate surface area is 67.7 Å². The minimum absolute atomic E-state index is 0.000556. The van der Waals surface area contributed by atoms with Crippen LogP contribution in [0.4, 0.5) is 10.1 Å². The van der Waals surface area contributed by atoms with Gasteiger partial charge in [0.05, 0.1) is 18.1 Å². The molecule has 0 saturated heterocycles. The summed E-state index contributed by atoms with van der Waals surface area (Å²) < 4.78 is 17.4. The Bertz CT molecular complexity index is 314. The van der Waals surface area contributed by atoms with E-state index in [1.54, 1.807) is 0 Å². The summed E-state index contributed by atoms with van der Waals surface area (Å²) in [4.78, 5) is 9.49. The lowest BCUT2D eigenvalue weighted by atomic mass is 10.3. The highest BCUT2D eigenvalue weighted by atomic mass is 19.1. The fraction of sp³-hybridized carbons (Fsp3) is 0.143. The van der Waals surface area contributed by atoms with E-state index in [9.17, 15) is 14.5 Å². The van der Waals surface area contributed by atoms with Gasteiger partial charge in [-0.2, -0.15) is 0 Å². The van der Waals surface area contributed by atoms with E-state index in [-0.39, 0.29) is 11.4 Å². The van der Waals surface area contributed by atoms with Crippen LogP contribution < -0.4 is 4.74 Å². The summed E-state index contributed by atoms with van der Waals surface area (Å²) in [5.41, 5.74) is -0.284. The van der Waals surface area contributed by atoms with Crippen molar-refractivity contribution in [3.8, 4) is 5.75 Å². The molecule has 0 unspecified atom stereocenters. The first-order valence-electron chi connectivity index (χ1n) is 3.13. The summed E-state index contributed by atoms with van der Waals surface area (Å²) in [5, 5.41) is 10.2. The second-order valence-electron chi connectivity index (χ2n) is 2.08. The number of nitro groups is 1. The average Bonchev–Trinajstić information content (AvgIpc) is 2.04. The first-order chi connectivity index (χ1) is 5.65. The maximum Gasteiger partial charge on any atom is 0.272 e. The number of nitrogens with zero attached hydrogens (tertiary/aromatic N) is 1. The van der Waals surface area contributed by atoms with Gasteiger partial charge in [0.25, 0.3) is 5.69 Å². The smallest absolute Gasteiger partial charge is 0.272 e. The second-order valence-corrected chi connectivity index (χ2v) is 2.08. The zero-order chi connectivity index (χ0) is 9.14. The van der Waals surface area contributed by atoms with Crippen molar-refractivity contribution in [3.05, 3.63) is 34.1 Å². The van der Waals surface area contributed by atoms with Crippen LogP contribution in [0.2, 0.25) is 0 Å². The number of benzene rings is 1. The van der Waals surface area contributed by atoms with Gasteiger partial charge in [-0.3, -0.25) is 10.1 Å². The van der Waals surface area contributed by atoms with Crippen molar-refractivity contribution in [2.75, 3.05) is 7.11 Å². The van der Waals surface area contributed by atoms with Crippen molar-refractivity contribution < 1.29 is 14.1 Å². The van der Waals surface area contributed by atoms with Crippen LogP contribution in [0.15, 0.2) is 18.2 Å². The minimum atomic E-state index is -0.730. The molecule has 0 radical (unpaired) electrons. The van der Waals surface area contributed by atoms with E-state index in [0.717, 1.165) is 6.07 Å². The molecule has 0 heterocycles. The molecule has 0 atom stereocenters. The number of hydrogen-bond donors (Lipinski definition) is 0. The first-order valence-corrected chi connectivity index (χ1v) is 3.13. The van der Waals surface area contributed by atoms with E-state index in [0.29, 0.717) is 0 Å². The highest BCUT2D eigenvalue weighted by molar-refractivity contribution is 5.37. The average molecular weight is 171 g/mol. The van der Waals surface area contributed by atoms with E-state index in [1.165, 1.54) is 19.2 Å². The molecule has 5 heteroatoms. The number of rotatable bonds is 2. The number of ether oxygens (including phenoxy) is 1. The van der Waals surface area contributed by atoms with Crippen LogP contribution in [-0.2, 0) is 0 Å². The quantitative estimate of drug-likeness (QED) is 0.503. The largest absolute Gasteiger partial charge is 0.494 e. The zero-order valence-electron chi connectivity index (χ0n) is 6.28. The number of methoxy groups -OCH3 is 1. The Hall–Kier alpha value is -1.65. The highest BCUT2D eigenvalue weighted by Crippen LogP contribution is 2.21. The van der Waals surface area contributed by atoms with Crippen molar-refractivity contribution in [3.63, 3.8) is 0 Å². The molecule has 4 nitrogen and oxygen atoms in total. The van der Waals surface area contributed by atoms with Gasteiger partial charge in [0.15, 0.2) is 11.6 Å². The molecule has 64 valence electrons. The van der Waals surface area contributed by atoms with Gasteiger partial charge in [0, 0.05) is 6.07 Å². The van der Waals surface area contributed by atoms with Crippen molar-refractivity contribution >= 4 is 5.69 Å². The van der Waals surface area contributed by atoms with Gasteiger partial charge >= 0.3 is 0 Å². The van der Waals surface area contributed by atoms with Gasteiger partial charge in [-0.15, -0.1) is 0 Å². The molecule has 0 N–H and O–H groups in total. The van der Waals surface area contributed by atoms with Crippen LogP contribution in [-0.4, -0.2) is 12.0 Å². The molecule has 0 spiro atoms. The molecule has 0 fully saturated rings. The Kier molecular flexibility index (Phi) is 2.23. The van der Waals surface area contributed by atoms with Crippen LogP contribution in [0.5, 0.6) is 5.75 Å². The number of nitro benzene ring substituents is 1. The van der Waals surface area contributed by atoms with Gasteiger partial charge in [-0.05, 0) is 6.07 Å². The standard InChI is InChI=1S/C7H6FNO3/c1-12-7-3-2-5(9(10)11)4-6(7)8/h2-4H,1H3. The molecule has 0 bridgehead atoms. The number of hydrogen-bond acceptors (Lipinski definition) is 3. The summed E-state index contributed by atoms with van der Waals surface area (Å²) in [6, 6.07) is 3.22. The van der Waals surface area contributed by atoms with Crippen molar-refractivity contribution in [1.29, 1.82) is 0 Å².